The average Bonchev–Trinajstić information content (AvgIpc) is 2.53. The van der Waals surface area contributed by atoms with Gasteiger partial charge in [0, 0.05) is 6.42 Å². The van der Waals surface area contributed by atoms with Gasteiger partial charge in [-0.15, -0.1) is 12.5 Å². The standard InChI is InChI=1S/C18H24O5/c1-5-9-14-21-15-11-10-13-18(12-6-2,16(19)22-7-3)17(20)23-8-4/h6H,2,7-8,12-15H2,1,3-4H3. The van der Waals surface area contributed by atoms with E-state index in [0.29, 0.717) is 6.61 Å². The highest BCUT2D eigenvalue weighted by molar-refractivity contribution is 6.00. The van der Waals surface area contributed by atoms with Crippen LogP contribution >= 0.6 is 0 Å². The Morgan fingerprint density at radius 1 is 1.04 bits per heavy atom. The number of hydrogen-bond donors (Lipinski definition) is 0. The van der Waals surface area contributed by atoms with Crippen molar-refractivity contribution in [2.75, 3.05) is 26.4 Å². The van der Waals surface area contributed by atoms with Gasteiger partial charge in [-0.1, -0.05) is 23.8 Å². The summed E-state index contributed by atoms with van der Waals surface area (Å²) in [5, 5.41) is 0. The molecule has 0 amide bonds. The maximum atomic E-state index is 12.3. The molecular weight excluding hydrogens is 296 g/mol. The quantitative estimate of drug-likeness (QED) is 0.214. The highest BCUT2D eigenvalue weighted by atomic mass is 16.6. The number of carbonyl (C=O) groups is 2. The molecule has 0 saturated heterocycles. The zero-order valence-corrected chi connectivity index (χ0v) is 14.1. The van der Waals surface area contributed by atoms with Crippen LogP contribution in [0.4, 0.5) is 0 Å². The summed E-state index contributed by atoms with van der Waals surface area (Å²) in [5.41, 5.74) is -1.48. The van der Waals surface area contributed by atoms with E-state index in [1.165, 1.54) is 6.08 Å². The molecular formula is C18H24O5. The van der Waals surface area contributed by atoms with Gasteiger partial charge in [-0.3, -0.25) is 9.59 Å². The molecule has 0 spiro atoms. The van der Waals surface area contributed by atoms with Crippen molar-refractivity contribution in [1.29, 1.82) is 0 Å². The third kappa shape index (κ3) is 7.04. The SMILES string of the molecule is C=CCC(CC#CCOCC#CC)(C(=O)OCC)C(=O)OCC. The molecule has 0 aliphatic carbocycles. The first kappa shape index (κ1) is 20.8. The number of ether oxygens (including phenoxy) is 3. The fraction of sp³-hybridized carbons (Fsp3) is 0.556. The Morgan fingerprint density at radius 2 is 1.61 bits per heavy atom. The smallest absolute Gasteiger partial charge is 0.324 e. The summed E-state index contributed by atoms with van der Waals surface area (Å²) in [6.07, 6.45) is 1.57. The van der Waals surface area contributed by atoms with E-state index in [4.69, 9.17) is 14.2 Å². The van der Waals surface area contributed by atoms with Crippen molar-refractivity contribution >= 4 is 11.9 Å². The minimum absolute atomic E-state index is 0.0144. The predicted octanol–water partition coefficient (Wildman–Crippen LogP) is 2.11. The van der Waals surface area contributed by atoms with E-state index in [2.05, 4.69) is 30.3 Å². The first-order chi connectivity index (χ1) is 11.1. The third-order valence-electron chi connectivity index (χ3n) is 2.87. The van der Waals surface area contributed by atoms with Crippen LogP contribution in [0.2, 0.25) is 0 Å². The van der Waals surface area contributed by atoms with Gasteiger partial charge in [0.05, 0.1) is 13.2 Å². The molecule has 0 heterocycles. The number of rotatable bonds is 9. The lowest BCUT2D eigenvalue weighted by Gasteiger charge is -2.26. The highest BCUT2D eigenvalue weighted by Gasteiger charge is 2.47. The molecule has 5 nitrogen and oxygen atoms in total. The van der Waals surface area contributed by atoms with Crippen LogP contribution in [-0.2, 0) is 23.8 Å². The average molecular weight is 320 g/mol. The number of esters is 2. The molecule has 0 aliphatic heterocycles. The van der Waals surface area contributed by atoms with Crippen LogP contribution in [-0.4, -0.2) is 38.4 Å². The van der Waals surface area contributed by atoms with E-state index in [1.54, 1.807) is 20.8 Å². The van der Waals surface area contributed by atoms with E-state index in [-0.39, 0.29) is 32.7 Å². The Hall–Kier alpha value is -2.24. The van der Waals surface area contributed by atoms with Gasteiger partial charge in [0.2, 0.25) is 0 Å². The van der Waals surface area contributed by atoms with E-state index < -0.39 is 17.4 Å². The van der Waals surface area contributed by atoms with E-state index >= 15 is 0 Å². The lowest BCUT2D eigenvalue weighted by atomic mass is 9.81. The lowest BCUT2D eigenvalue weighted by Crippen LogP contribution is -2.41. The van der Waals surface area contributed by atoms with Gasteiger partial charge in [0.1, 0.15) is 13.2 Å². The van der Waals surface area contributed by atoms with Crippen LogP contribution in [0.25, 0.3) is 0 Å². The molecule has 0 aromatic rings. The van der Waals surface area contributed by atoms with E-state index in [1.807, 2.05) is 0 Å². The van der Waals surface area contributed by atoms with Gasteiger partial charge in [-0.25, -0.2) is 0 Å². The molecule has 0 aliphatic rings. The van der Waals surface area contributed by atoms with Crippen LogP contribution in [0.15, 0.2) is 12.7 Å². The topological polar surface area (TPSA) is 61.8 Å². The zero-order chi connectivity index (χ0) is 17.6. The minimum Gasteiger partial charge on any atom is -0.465 e. The van der Waals surface area contributed by atoms with Gasteiger partial charge in [-0.05, 0) is 27.2 Å². The summed E-state index contributed by atoms with van der Waals surface area (Å²) in [5.74, 6) is 9.71. The normalized spacial score (nSPS) is 9.70. The van der Waals surface area contributed by atoms with Gasteiger partial charge in [0.15, 0.2) is 5.41 Å². The predicted molar refractivity (Wildman–Crippen MR) is 87.2 cm³/mol. The number of hydrogen-bond acceptors (Lipinski definition) is 5. The monoisotopic (exact) mass is 320 g/mol. The first-order valence-electron chi connectivity index (χ1n) is 7.47. The number of carbonyl (C=O) groups excluding carboxylic acids is 2. The third-order valence-corrected chi connectivity index (χ3v) is 2.87. The zero-order valence-electron chi connectivity index (χ0n) is 14.1. The Bertz CT molecular complexity index is 495. The van der Waals surface area contributed by atoms with E-state index in [9.17, 15) is 9.59 Å². The van der Waals surface area contributed by atoms with Crippen molar-refractivity contribution in [1.82, 2.24) is 0 Å². The van der Waals surface area contributed by atoms with Gasteiger partial charge < -0.3 is 14.2 Å². The molecule has 0 saturated carbocycles. The largest absolute Gasteiger partial charge is 0.465 e. The Kier molecular flexibility index (Phi) is 11.1. The molecule has 0 atom stereocenters. The summed E-state index contributed by atoms with van der Waals surface area (Å²) < 4.78 is 15.2. The van der Waals surface area contributed by atoms with Crippen LogP contribution in [0.1, 0.15) is 33.6 Å². The molecule has 0 N–H and O–H groups in total. The summed E-state index contributed by atoms with van der Waals surface area (Å²) in [4.78, 5) is 24.6. The summed E-state index contributed by atoms with van der Waals surface area (Å²) in [6.45, 7) is 9.48. The van der Waals surface area contributed by atoms with Gasteiger partial charge in [0.25, 0.3) is 0 Å². The maximum absolute atomic E-state index is 12.3. The molecule has 0 unspecified atom stereocenters. The number of allylic oxidation sites excluding steroid dienone is 1. The molecule has 0 aromatic heterocycles. The molecule has 126 valence electrons. The summed E-state index contributed by atoms with van der Waals surface area (Å²) in [7, 11) is 0. The fourth-order valence-electron chi connectivity index (χ4n) is 1.74. The van der Waals surface area contributed by atoms with Crippen molar-refractivity contribution in [3.05, 3.63) is 12.7 Å². The molecule has 23 heavy (non-hydrogen) atoms. The van der Waals surface area contributed by atoms with Gasteiger partial charge in [-0.2, -0.15) is 0 Å². The molecule has 0 rings (SSSR count). The van der Waals surface area contributed by atoms with Crippen molar-refractivity contribution in [3.63, 3.8) is 0 Å². The minimum atomic E-state index is -1.48. The first-order valence-corrected chi connectivity index (χ1v) is 7.47. The second-order valence-electron chi connectivity index (χ2n) is 4.47. The maximum Gasteiger partial charge on any atom is 0.324 e. The highest BCUT2D eigenvalue weighted by Crippen LogP contribution is 2.30. The van der Waals surface area contributed by atoms with Crippen LogP contribution in [0, 0.1) is 29.1 Å². The van der Waals surface area contributed by atoms with Crippen LogP contribution < -0.4 is 0 Å². The molecule has 0 radical (unpaired) electrons. The second kappa shape index (κ2) is 12.3. The van der Waals surface area contributed by atoms with Crippen LogP contribution in [0.3, 0.4) is 0 Å². The van der Waals surface area contributed by atoms with Crippen molar-refractivity contribution in [2.45, 2.75) is 33.6 Å². The Balaban J connectivity index is 5.10. The van der Waals surface area contributed by atoms with Crippen molar-refractivity contribution < 1.29 is 23.8 Å². The Labute approximate surface area is 138 Å². The van der Waals surface area contributed by atoms with Crippen molar-refractivity contribution in [2.24, 2.45) is 5.41 Å². The lowest BCUT2D eigenvalue weighted by molar-refractivity contribution is -0.171. The van der Waals surface area contributed by atoms with Crippen LogP contribution in [0.5, 0.6) is 0 Å². The molecule has 0 bridgehead atoms. The summed E-state index contributed by atoms with van der Waals surface area (Å²) in [6, 6.07) is 0. The Morgan fingerprint density at radius 3 is 2.09 bits per heavy atom. The second-order valence-corrected chi connectivity index (χ2v) is 4.47. The van der Waals surface area contributed by atoms with Crippen molar-refractivity contribution in [3.8, 4) is 23.7 Å². The molecule has 0 aromatic carbocycles. The van der Waals surface area contributed by atoms with Gasteiger partial charge >= 0.3 is 11.9 Å². The molecule has 5 heteroatoms. The summed E-state index contributed by atoms with van der Waals surface area (Å²) >= 11 is 0. The molecule has 0 fully saturated rings. The fourth-order valence-corrected chi connectivity index (χ4v) is 1.74. The van der Waals surface area contributed by atoms with E-state index in [0.717, 1.165) is 0 Å².